The second-order valence-corrected chi connectivity index (χ2v) is 4.39. The molecule has 0 bridgehead atoms. The SMILES string of the molecule is CC(C)(C)OC(=O)n1cc(O)c(=NN)c(O)c1. The lowest BCUT2D eigenvalue weighted by molar-refractivity contribution is 0.0532. The highest BCUT2D eigenvalue weighted by Gasteiger charge is 2.18. The predicted octanol–water partition coefficient (Wildman–Crippen LogP) is 0.457. The first-order valence-corrected chi connectivity index (χ1v) is 4.86. The van der Waals surface area contributed by atoms with Gasteiger partial charge in [0.1, 0.15) is 5.60 Å². The summed E-state index contributed by atoms with van der Waals surface area (Å²) < 4.78 is 5.95. The molecule has 0 radical (unpaired) electrons. The van der Waals surface area contributed by atoms with E-state index in [1.165, 1.54) is 0 Å². The van der Waals surface area contributed by atoms with Crippen molar-refractivity contribution in [2.24, 2.45) is 10.9 Å². The molecule has 0 amide bonds. The van der Waals surface area contributed by atoms with Crippen LogP contribution >= 0.6 is 0 Å². The molecule has 7 nitrogen and oxygen atoms in total. The van der Waals surface area contributed by atoms with Crippen LogP contribution in [0.1, 0.15) is 20.8 Å². The number of nitrogens with zero attached hydrogens (tertiary/aromatic N) is 2. The van der Waals surface area contributed by atoms with Crippen molar-refractivity contribution in [2.45, 2.75) is 26.4 Å². The smallest absolute Gasteiger partial charge is 0.418 e. The van der Waals surface area contributed by atoms with Crippen LogP contribution in [0.25, 0.3) is 0 Å². The Morgan fingerprint density at radius 1 is 1.35 bits per heavy atom. The maximum absolute atomic E-state index is 11.6. The minimum Gasteiger partial charge on any atom is -0.504 e. The van der Waals surface area contributed by atoms with E-state index in [1.807, 2.05) is 0 Å². The highest BCUT2D eigenvalue weighted by molar-refractivity contribution is 5.71. The molecule has 0 aliphatic rings. The van der Waals surface area contributed by atoms with E-state index in [2.05, 4.69) is 5.10 Å². The van der Waals surface area contributed by atoms with Gasteiger partial charge >= 0.3 is 6.09 Å². The van der Waals surface area contributed by atoms with Gasteiger partial charge in [0.25, 0.3) is 0 Å². The molecule has 1 heterocycles. The molecule has 0 aliphatic carbocycles. The number of carbonyl (C=O) groups is 1. The average Bonchev–Trinajstić information content (AvgIpc) is 2.14. The van der Waals surface area contributed by atoms with Gasteiger partial charge in [0, 0.05) is 0 Å². The van der Waals surface area contributed by atoms with Crippen LogP contribution in [0.15, 0.2) is 17.5 Å². The molecule has 0 atom stereocenters. The van der Waals surface area contributed by atoms with Crippen LogP contribution in [-0.4, -0.2) is 26.5 Å². The van der Waals surface area contributed by atoms with Crippen molar-refractivity contribution in [3.8, 4) is 11.5 Å². The number of nitrogens with two attached hydrogens (primary N) is 1. The van der Waals surface area contributed by atoms with Crippen molar-refractivity contribution in [2.75, 3.05) is 0 Å². The summed E-state index contributed by atoms with van der Waals surface area (Å²) >= 11 is 0. The molecule has 1 aromatic heterocycles. The highest BCUT2D eigenvalue weighted by atomic mass is 16.6. The molecule has 0 spiro atoms. The fourth-order valence-corrected chi connectivity index (χ4v) is 1.11. The van der Waals surface area contributed by atoms with Gasteiger partial charge < -0.3 is 20.8 Å². The lowest BCUT2D eigenvalue weighted by atomic mass is 10.2. The number of aromatic nitrogens is 1. The van der Waals surface area contributed by atoms with Gasteiger partial charge in [-0.3, -0.25) is 4.57 Å². The average molecular weight is 241 g/mol. The van der Waals surface area contributed by atoms with E-state index >= 15 is 0 Å². The Hall–Kier alpha value is -2.18. The molecule has 17 heavy (non-hydrogen) atoms. The summed E-state index contributed by atoms with van der Waals surface area (Å²) in [6.45, 7) is 5.11. The first-order chi connectivity index (χ1) is 7.74. The van der Waals surface area contributed by atoms with E-state index in [4.69, 9.17) is 10.6 Å². The molecule has 0 aromatic carbocycles. The largest absolute Gasteiger partial charge is 0.504 e. The van der Waals surface area contributed by atoms with Gasteiger partial charge in [-0.2, -0.15) is 5.10 Å². The molecule has 7 heteroatoms. The van der Waals surface area contributed by atoms with Crippen LogP contribution in [0.3, 0.4) is 0 Å². The zero-order valence-corrected chi connectivity index (χ0v) is 9.84. The Morgan fingerprint density at radius 3 is 2.18 bits per heavy atom. The second-order valence-electron chi connectivity index (χ2n) is 4.39. The van der Waals surface area contributed by atoms with Crippen molar-refractivity contribution in [3.05, 3.63) is 17.8 Å². The van der Waals surface area contributed by atoms with Gasteiger partial charge in [0.05, 0.1) is 12.4 Å². The molecule has 4 N–H and O–H groups in total. The third-order valence-electron chi connectivity index (χ3n) is 1.74. The fraction of sp³-hybridized carbons (Fsp3) is 0.400. The Labute approximate surface area is 97.8 Å². The number of carbonyl (C=O) groups excluding carboxylic acids is 1. The topological polar surface area (TPSA) is 110 Å². The van der Waals surface area contributed by atoms with Gasteiger partial charge in [-0.05, 0) is 20.8 Å². The third kappa shape index (κ3) is 3.13. The van der Waals surface area contributed by atoms with E-state index in [0.29, 0.717) is 0 Å². The van der Waals surface area contributed by atoms with E-state index in [0.717, 1.165) is 17.0 Å². The monoisotopic (exact) mass is 241 g/mol. The van der Waals surface area contributed by atoms with Crippen LogP contribution in [0, 0.1) is 0 Å². The lowest BCUT2D eigenvalue weighted by Gasteiger charge is -2.20. The maximum Gasteiger partial charge on any atom is 0.418 e. The first kappa shape index (κ1) is 12.9. The molecule has 1 aromatic rings. The van der Waals surface area contributed by atoms with E-state index < -0.39 is 23.2 Å². The molecule has 0 fully saturated rings. The van der Waals surface area contributed by atoms with Crippen molar-refractivity contribution >= 4 is 6.09 Å². The molecular formula is C10H15N3O4. The van der Waals surface area contributed by atoms with Gasteiger partial charge in [-0.25, -0.2) is 4.79 Å². The Kier molecular flexibility index (Phi) is 3.31. The van der Waals surface area contributed by atoms with Crippen LogP contribution in [0.2, 0.25) is 0 Å². The van der Waals surface area contributed by atoms with Crippen LogP contribution < -0.4 is 11.2 Å². The molecule has 0 aliphatic heterocycles. The molecule has 0 saturated carbocycles. The first-order valence-electron chi connectivity index (χ1n) is 4.86. The normalized spacial score (nSPS) is 11.0. The summed E-state index contributed by atoms with van der Waals surface area (Å²) in [5.74, 6) is 4.12. The maximum atomic E-state index is 11.6. The Bertz CT molecular complexity index is 473. The van der Waals surface area contributed by atoms with Crippen LogP contribution in [-0.2, 0) is 4.74 Å². The zero-order chi connectivity index (χ0) is 13.2. The van der Waals surface area contributed by atoms with E-state index in [9.17, 15) is 15.0 Å². The van der Waals surface area contributed by atoms with Crippen LogP contribution in [0.5, 0.6) is 11.5 Å². The summed E-state index contributed by atoms with van der Waals surface area (Å²) in [5.41, 5.74) is -0.674. The third-order valence-corrected chi connectivity index (χ3v) is 1.74. The van der Waals surface area contributed by atoms with Crippen molar-refractivity contribution < 1.29 is 19.7 Å². The summed E-state index contributed by atoms with van der Waals surface area (Å²) in [6.07, 6.45) is 1.38. The lowest BCUT2D eigenvalue weighted by Crippen LogP contribution is -2.27. The summed E-state index contributed by atoms with van der Waals surface area (Å²) in [5, 5.41) is 21.9. The van der Waals surface area contributed by atoms with Gasteiger partial charge in [0.2, 0.25) is 0 Å². The summed E-state index contributed by atoms with van der Waals surface area (Å²) in [7, 11) is 0. The Morgan fingerprint density at radius 2 is 1.82 bits per heavy atom. The molecule has 94 valence electrons. The standard InChI is InChI=1S/C10H15N3O4/c1-10(2,3)17-9(16)13-4-6(14)8(12-11)7(15)5-13/h4-5,14-15H,11H2,1-3H3. The number of rotatable bonds is 0. The molecule has 0 saturated heterocycles. The van der Waals surface area contributed by atoms with Crippen molar-refractivity contribution in [1.82, 2.24) is 4.57 Å². The van der Waals surface area contributed by atoms with Gasteiger partial charge in [0.15, 0.2) is 16.9 Å². The molecule has 0 unspecified atom stereocenters. The van der Waals surface area contributed by atoms with E-state index in [1.54, 1.807) is 20.8 Å². The Balaban J connectivity index is 3.14. The number of hydrogen-bond acceptors (Lipinski definition) is 6. The number of ether oxygens (including phenoxy) is 1. The predicted molar refractivity (Wildman–Crippen MR) is 59.1 cm³/mol. The van der Waals surface area contributed by atoms with Crippen molar-refractivity contribution in [1.29, 1.82) is 0 Å². The van der Waals surface area contributed by atoms with E-state index in [-0.39, 0.29) is 5.36 Å². The zero-order valence-electron chi connectivity index (χ0n) is 9.84. The number of hydrogen-bond donors (Lipinski definition) is 3. The summed E-state index contributed by atoms with van der Waals surface area (Å²) in [4.78, 5) is 11.6. The molecule has 1 rings (SSSR count). The second kappa shape index (κ2) is 4.36. The minimum atomic E-state index is -0.730. The highest BCUT2D eigenvalue weighted by Crippen LogP contribution is 2.13. The quantitative estimate of drug-likeness (QED) is 0.451. The molecular weight excluding hydrogens is 226 g/mol. The fourth-order valence-electron chi connectivity index (χ4n) is 1.11. The number of aromatic hydroxyl groups is 2. The van der Waals surface area contributed by atoms with Crippen molar-refractivity contribution in [3.63, 3.8) is 0 Å². The minimum absolute atomic E-state index is 0.190. The summed E-state index contributed by atoms with van der Waals surface area (Å²) in [6, 6.07) is 0. The number of pyridine rings is 1. The van der Waals surface area contributed by atoms with Crippen LogP contribution in [0.4, 0.5) is 4.79 Å². The van der Waals surface area contributed by atoms with Gasteiger partial charge in [-0.1, -0.05) is 0 Å². The van der Waals surface area contributed by atoms with Gasteiger partial charge in [-0.15, -0.1) is 0 Å².